The van der Waals surface area contributed by atoms with E-state index in [0.29, 0.717) is 55.2 Å². The molecule has 0 radical (unpaired) electrons. The van der Waals surface area contributed by atoms with Crippen molar-refractivity contribution in [2.45, 2.75) is 123 Å². The molecule has 1 aromatic carbocycles. The van der Waals surface area contributed by atoms with Gasteiger partial charge in [-0.3, -0.25) is 14.3 Å². The van der Waals surface area contributed by atoms with E-state index < -0.39 is 12.7 Å². The number of carbonyl (C=O) groups excluding carboxylic acids is 2. The van der Waals surface area contributed by atoms with Gasteiger partial charge in [0.1, 0.15) is 5.69 Å². The Labute approximate surface area is 296 Å². The number of aromatic nitrogens is 2. The number of amides is 2. The van der Waals surface area contributed by atoms with Gasteiger partial charge in [0.2, 0.25) is 5.60 Å². The molecule has 50 heavy (non-hydrogen) atoms. The molecule has 2 N–H and O–H groups in total. The highest BCUT2D eigenvalue weighted by Crippen LogP contribution is 2.65. The van der Waals surface area contributed by atoms with Crippen LogP contribution in [-0.4, -0.2) is 77.4 Å². The van der Waals surface area contributed by atoms with Crippen LogP contribution in [0.25, 0.3) is 0 Å². The van der Waals surface area contributed by atoms with Crippen molar-refractivity contribution in [3.8, 4) is 0 Å². The van der Waals surface area contributed by atoms with E-state index in [-0.39, 0.29) is 53.9 Å². The van der Waals surface area contributed by atoms with E-state index in [9.17, 15) is 9.59 Å². The highest BCUT2D eigenvalue weighted by molar-refractivity contribution is 6.48. The van der Waals surface area contributed by atoms with Crippen LogP contribution in [0.1, 0.15) is 106 Å². The van der Waals surface area contributed by atoms with Gasteiger partial charge in [-0.2, -0.15) is 5.10 Å². The van der Waals surface area contributed by atoms with E-state index in [1.54, 1.807) is 0 Å². The number of hydrogen-bond acceptors (Lipinski definition) is 8. The number of hydrogen-bond donors (Lipinski definition) is 2. The number of carbonyl (C=O) groups is 2. The quantitative estimate of drug-likeness (QED) is 0.314. The zero-order valence-corrected chi connectivity index (χ0v) is 30.8. The van der Waals surface area contributed by atoms with Crippen molar-refractivity contribution in [2.75, 3.05) is 19.8 Å². The van der Waals surface area contributed by atoms with Gasteiger partial charge in [-0.05, 0) is 87.7 Å². The molecule has 8 rings (SSSR count). The Morgan fingerprint density at radius 1 is 1.10 bits per heavy atom. The second kappa shape index (κ2) is 13.4. The molecule has 3 aliphatic carbocycles. The highest BCUT2D eigenvalue weighted by atomic mass is 16.7. The Kier molecular flexibility index (Phi) is 9.43. The zero-order chi connectivity index (χ0) is 35.4. The SMILES string of the molecule is Cc1cccc(CC2(C(=O)N[C@@H](CC(C)C)B3O[C@@H]4C[C@@H]5C[C@@H](C5(C)C)[C@]4(C)O3)CC(CNC(=O)c3cc(C)nn3C3CCOCC3)=NO2)c1. The minimum atomic E-state index is -1.29. The summed E-state index contributed by atoms with van der Waals surface area (Å²) in [6.07, 6.45) is 5.06. The smallest absolute Gasteiger partial charge is 0.404 e. The van der Waals surface area contributed by atoms with Crippen LogP contribution in [0.3, 0.4) is 0 Å². The fraction of sp³-hybridized carbons (Fsp3) is 0.684. The molecule has 2 amide bonds. The Hall–Kier alpha value is -3.22. The molecule has 11 nitrogen and oxygen atoms in total. The lowest BCUT2D eigenvalue weighted by atomic mass is 9.43. The maximum absolute atomic E-state index is 14.6. The number of nitrogens with one attached hydrogen (secondary N) is 2. The van der Waals surface area contributed by atoms with Gasteiger partial charge in [0, 0.05) is 26.1 Å². The number of ether oxygens (including phenoxy) is 1. The average molecular weight is 688 g/mol. The highest BCUT2D eigenvalue weighted by Gasteiger charge is 2.68. The van der Waals surface area contributed by atoms with E-state index in [1.165, 1.54) is 6.42 Å². The van der Waals surface area contributed by atoms with E-state index in [2.05, 4.69) is 61.6 Å². The molecule has 2 aromatic rings. The van der Waals surface area contributed by atoms with Crippen molar-refractivity contribution in [2.24, 2.45) is 28.3 Å². The lowest BCUT2D eigenvalue weighted by molar-refractivity contribution is -0.199. The van der Waals surface area contributed by atoms with Gasteiger partial charge in [0.25, 0.3) is 11.8 Å². The largest absolute Gasteiger partial charge is 0.481 e. The number of aryl methyl sites for hydroxylation is 2. The van der Waals surface area contributed by atoms with Gasteiger partial charge in [-0.1, -0.05) is 62.7 Å². The van der Waals surface area contributed by atoms with Crippen molar-refractivity contribution in [1.29, 1.82) is 0 Å². The van der Waals surface area contributed by atoms with E-state index in [4.69, 9.17) is 18.9 Å². The van der Waals surface area contributed by atoms with Crippen molar-refractivity contribution < 1.29 is 28.5 Å². The Balaban J connectivity index is 1.07. The first-order chi connectivity index (χ1) is 23.8. The standard InChI is InChI=1S/C38H54BN5O6/c1-23(2)15-33(39-48-32-19-27-18-31(36(27,5)6)37(32,7)49-39)41-35(46)38(20-26-10-8-9-24(3)16-26)21-28(43-50-38)22-40-34(45)30-17-25(4)42-44(30)29-11-13-47-14-12-29/h8-10,16-17,23,27,29,31-33H,11-15,18-22H2,1-7H3,(H,40,45)(H,41,46)/t27-,31-,32+,33-,37-,38?/m0/s1. The summed E-state index contributed by atoms with van der Waals surface area (Å²) < 4.78 is 20.9. The second-order valence-corrected chi connectivity index (χ2v) is 16.8. The number of oxime groups is 1. The Bertz CT molecular complexity index is 1640. The summed E-state index contributed by atoms with van der Waals surface area (Å²) in [6, 6.07) is 10.1. The maximum atomic E-state index is 14.6. The van der Waals surface area contributed by atoms with Crippen LogP contribution in [0.5, 0.6) is 0 Å². The Morgan fingerprint density at radius 3 is 2.60 bits per heavy atom. The van der Waals surface area contributed by atoms with Crippen LogP contribution < -0.4 is 10.6 Å². The minimum absolute atomic E-state index is 0.0184. The second-order valence-electron chi connectivity index (χ2n) is 16.8. The van der Waals surface area contributed by atoms with E-state index in [0.717, 1.165) is 36.1 Å². The third-order valence-corrected chi connectivity index (χ3v) is 12.2. The van der Waals surface area contributed by atoms with Crippen molar-refractivity contribution in [3.05, 3.63) is 52.8 Å². The van der Waals surface area contributed by atoms with Crippen molar-refractivity contribution in [1.82, 2.24) is 20.4 Å². The summed E-state index contributed by atoms with van der Waals surface area (Å²) in [7, 11) is -0.548. The monoisotopic (exact) mass is 687 g/mol. The number of nitrogens with zero attached hydrogens (tertiary/aromatic N) is 3. The van der Waals surface area contributed by atoms with Crippen LogP contribution in [-0.2, 0) is 30.1 Å². The molecule has 3 aliphatic heterocycles. The molecule has 1 aromatic heterocycles. The summed E-state index contributed by atoms with van der Waals surface area (Å²) in [4.78, 5) is 34.2. The lowest BCUT2D eigenvalue weighted by Gasteiger charge is -2.64. The predicted molar refractivity (Wildman–Crippen MR) is 191 cm³/mol. The van der Waals surface area contributed by atoms with Gasteiger partial charge in [-0.25, -0.2) is 0 Å². The summed E-state index contributed by atoms with van der Waals surface area (Å²) in [5.74, 6) is 0.517. The molecule has 3 saturated carbocycles. The van der Waals surface area contributed by atoms with Gasteiger partial charge >= 0.3 is 7.12 Å². The lowest BCUT2D eigenvalue weighted by Crippen LogP contribution is -2.65. The van der Waals surface area contributed by atoms with Gasteiger partial charge in [0.05, 0.1) is 41.6 Å². The van der Waals surface area contributed by atoms with Crippen molar-refractivity contribution >= 4 is 24.6 Å². The molecular weight excluding hydrogens is 633 g/mol. The predicted octanol–water partition coefficient (Wildman–Crippen LogP) is 5.14. The third-order valence-electron chi connectivity index (χ3n) is 12.2. The molecule has 6 aliphatic rings. The first kappa shape index (κ1) is 35.2. The van der Waals surface area contributed by atoms with Crippen LogP contribution >= 0.6 is 0 Å². The topological polar surface area (TPSA) is 125 Å². The van der Waals surface area contributed by atoms with Crippen molar-refractivity contribution in [3.63, 3.8) is 0 Å². The molecular formula is C38H54BN5O6. The maximum Gasteiger partial charge on any atom is 0.481 e. The first-order valence-corrected chi connectivity index (χ1v) is 18.6. The summed E-state index contributed by atoms with van der Waals surface area (Å²) in [5.41, 5.74) is 2.54. The summed E-state index contributed by atoms with van der Waals surface area (Å²) in [6.45, 7) is 16.6. The van der Waals surface area contributed by atoms with Crippen LogP contribution in [0.15, 0.2) is 35.5 Å². The molecule has 0 spiro atoms. The average Bonchev–Trinajstić information content (AvgIpc) is 3.78. The zero-order valence-electron chi connectivity index (χ0n) is 30.8. The summed E-state index contributed by atoms with van der Waals surface area (Å²) >= 11 is 0. The van der Waals surface area contributed by atoms with E-state index >= 15 is 0 Å². The van der Waals surface area contributed by atoms with Gasteiger partial charge in [0.15, 0.2) is 0 Å². The molecule has 270 valence electrons. The molecule has 4 heterocycles. The fourth-order valence-electron chi connectivity index (χ4n) is 9.37. The fourth-order valence-corrected chi connectivity index (χ4v) is 9.37. The first-order valence-electron chi connectivity index (χ1n) is 18.6. The molecule has 2 saturated heterocycles. The van der Waals surface area contributed by atoms with Gasteiger partial charge in [-0.15, -0.1) is 0 Å². The number of benzene rings is 1. The van der Waals surface area contributed by atoms with Gasteiger partial charge < -0.3 is 29.5 Å². The summed E-state index contributed by atoms with van der Waals surface area (Å²) in [5, 5.41) is 15.4. The molecule has 6 atom stereocenters. The van der Waals surface area contributed by atoms with Crippen LogP contribution in [0, 0.1) is 37.0 Å². The number of rotatable bonds is 11. The normalized spacial score (nSPS) is 30.7. The minimum Gasteiger partial charge on any atom is -0.404 e. The molecule has 1 unspecified atom stereocenters. The molecule has 5 fully saturated rings. The van der Waals surface area contributed by atoms with E-state index in [1.807, 2.05) is 42.8 Å². The molecule has 12 heteroatoms. The van der Waals surface area contributed by atoms with Crippen LogP contribution in [0.4, 0.5) is 0 Å². The Morgan fingerprint density at radius 2 is 1.88 bits per heavy atom. The third kappa shape index (κ3) is 6.52. The molecule has 2 bridgehead atoms. The van der Waals surface area contributed by atoms with Crippen LogP contribution in [0.2, 0.25) is 0 Å².